The molecule has 1 aliphatic rings. The maximum absolute atomic E-state index is 11.4. The quantitative estimate of drug-likeness (QED) is 0.800. The van der Waals surface area contributed by atoms with E-state index in [0.29, 0.717) is 19.7 Å². The summed E-state index contributed by atoms with van der Waals surface area (Å²) in [6, 6.07) is 7.93. The number of hydrogen-bond acceptors (Lipinski definition) is 3. The summed E-state index contributed by atoms with van der Waals surface area (Å²) in [5, 5.41) is 0. The highest BCUT2D eigenvalue weighted by atomic mass is 79.9. The summed E-state index contributed by atoms with van der Waals surface area (Å²) in [6.45, 7) is 1.66. The van der Waals surface area contributed by atoms with Crippen LogP contribution in [0.4, 0.5) is 4.79 Å². The van der Waals surface area contributed by atoms with E-state index in [9.17, 15) is 4.79 Å². The summed E-state index contributed by atoms with van der Waals surface area (Å²) in [5.74, 6) is 0. The maximum Gasteiger partial charge on any atom is 0.409 e. The first kappa shape index (κ1) is 12.4. The van der Waals surface area contributed by atoms with Gasteiger partial charge >= 0.3 is 6.09 Å². The van der Waals surface area contributed by atoms with Crippen LogP contribution >= 0.6 is 15.9 Å². The van der Waals surface area contributed by atoms with Crippen molar-refractivity contribution >= 4 is 22.0 Å². The van der Waals surface area contributed by atoms with Crippen molar-refractivity contribution < 1.29 is 14.3 Å². The molecule has 2 rings (SSSR count). The van der Waals surface area contributed by atoms with E-state index in [1.165, 1.54) is 7.11 Å². The van der Waals surface area contributed by atoms with Gasteiger partial charge in [-0.3, -0.25) is 0 Å². The normalized spacial score (nSPS) is 20.1. The number of methoxy groups -OCH3 is 1. The standard InChI is InChI=1S/C12H14BrNO3/c1-16-12(15)14-6-7-17-11(8-14)9-2-4-10(13)5-3-9/h2-5,11H,6-8H2,1H3/t11-/m1/s1. The zero-order valence-corrected chi connectivity index (χ0v) is 11.1. The fourth-order valence-corrected chi connectivity index (χ4v) is 2.09. The minimum absolute atomic E-state index is 0.0732. The van der Waals surface area contributed by atoms with Gasteiger partial charge in [0.25, 0.3) is 0 Å². The molecule has 5 heteroatoms. The lowest BCUT2D eigenvalue weighted by Crippen LogP contribution is -2.42. The van der Waals surface area contributed by atoms with Crippen molar-refractivity contribution in [1.29, 1.82) is 0 Å². The van der Waals surface area contributed by atoms with E-state index in [-0.39, 0.29) is 12.2 Å². The Morgan fingerprint density at radius 1 is 1.47 bits per heavy atom. The Morgan fingerprint density at radius 3 is 2.82 bits per heavy atom. The molecule has 1 atom stereocenters. The van der Waals surface area contributed by atoms with Crippen LogP contribution in [0.15, 0.2) is 28.7 Å². The van der Waals surface area contributed by atoms with Crippen LogP contribution in [0, 0.1) is 0 Å². The number of carbonyl (C=O) groups is 1. The summed E-state index contributed by atoms with van der Waals surface area (Å²) in [6.07, 6.45) is -0.369. The number of benzene rings is 1. The van der Waals surface area contributed by atoms with Crippen LogP contribution in [-0.4, -0.2) is 37.8 Å². The third-order valence-corrected chi connectivity index (χ3v) is 3.27. The van der Waals surface area contributed by atoms with Crippen LogP contribution in [0.1, 0.15) is 11.7 Å². The Labute approximate surface area is 109 Å². The summed E-state index contributed by atoms with van der Waals surface area (Å²) >= 11 is 3.39. The molecule has 0 aromatic heterocycles. The molecule has 0 N–H and O–H groups in total. The van der Waals surface area contributed by atoms with Gasteiger partial charge in [0, 0.05) is 11.0 Å². The van der Waals surface area contributed by atoms with Gasteiger partial charge in [-0.1, -0.05) is 28.1 Å². The van der Waals surface area contributed by atoms with Crippen molar-refractivity contribution in [2.24, 2.45) is 0 Å². The number of ether oxygens (including phenoxy) is 2. The number of morpholine rings is 1. The molecule has 0 bridgehead atoms. The zero-order valence-electron chi connectivity index (χ0n) is 9.56. The Balaban J connectivity index is 2.06. The monoisotopic (exact) mass is 299 g/mol. The van der Waals surface area contributed by atoms with Crippen LogP contribution in [0.2, 0.25) is 0 Å². The highest BCUT2D eigenvalue weighted by molar-refractivity contribution is 9.10. The number of nitrogens with zero attached hydrogens (tertiary/aromatic N) is 1. The van der Waals surface area contributed by atoms with Crippen molar-refractivity contribution in [2.75, 3.05) is 26.8 Å². The van der Waals surface area contributed by atoms with Gasteiger partial charge in [0.1, 0.15) is 6.10 Å². The average molecular weight is 300 g/mol. The van der Waals surface area contributed by atoms with Crippen LogP contribution in [0.25, 0.3) is 0 Å². The number of rotatable bonds is 1. The Bertz CT molecular complexity index is 393. The predicted molar refractivity (Wildman–Crippen MR) is 66.8 cm³/mol. The molecule has 1 aliphatic heterocycles. The lowest BCUT2D eigenvalue weighted by Gasteiger charge is -2.32. The Kier molecular flexibility index (Phi) is 4.02. The molecule has 0 radical (unpaired) electrons. The highest BCUT2D eigenvalue weighted by Crippen LogP contribution is 2.23. The highest BCUT2D eigenvalue weighted by Gasteiger charge is 2.25. The summed E-state index contributed by atoms with van der Waals surface area (Å²) < 4.78 is 11.4. The average Bonchev–Trinajstić information content (AvgIpc) is 2.39. The molecule has 0 saturated carbocycles. The molecule has 1 aromatic rings. The minimum Gasteiger partial charge on any atom is -0.453 e. The second kappa shape index (κ2) is 5.51. The molecule has 17 heavy (non-hydrogen) atoms. The molecule has 1 amide bonds. The molecule has 1 heterocycles. The largest absolute Gasteiger partial charge is 0.453 e. The van der Waals surface area contributed by atoms with E-state index in [4.69, 9.17) is 9.47 Å². The second-order valence-corrected chi connectivity index (χ2v) is 4.74. The number of hydrogen-bond donors (Lipinski definition) is 0. The van der Waals surface area contributed by atoms with Gasteiger partial charge in [0.15, 0.2) is 0 Å². The molecule has 1 fully saturated rings. The smallest absolute Gasteiger partial charge is 0.409 e. The molecule has 92 valence electrons. The van der Waals surface area contributed by atoms with Crippen LogP contribution in [0.3, 0.4) is 0 Å². The zero-order chi connectivity index (χ0) is 12.3. The molecule has 0 spiro atoms. The Hall–Kier alpha value is -1.07. The first-order chi connectivity index (χ1) is 8.20. The van der Waals surface area contributed by atoms with E-state index in [1.54, 1.807) is 4.90 Å². The summed E-state index contributed by atoms with van der Waals surface area (Å²) in [5.41, 5.74) is 1.07. The van der Waals surface area contributed by atoms with Crippen molar-refractivity contribution in [3.63, 3.8) is 0 Å². The third-order valence-electron chi connectivity index (χ3n) is 2.74. The van der Waals surface area contributed by atoms with Gasteiger partial charge in [-0.15, -0.1) is 0 Å². The van der Waals surface area contributed by atoms with Gasteiger partial charge in [-0.2, -0.15) is 0 Å². The fraction of sp³-hybridized carbons (Fsp3) is 0.417. The van der Waals surface area contributed by atoms with E-state index < -0.39 is 0 Å². The number of amides is 1. The molecule has 4 nitrogen and oxygen atoms in total. The van der Waals surface area contributed by atoms with Gasteiger partial charge in [-0.25, -0.2) is 4.79 Å². The lowest BCUT2D eigenvalue weighted by molar-refractivity contribution is -0.0258. The summed E-state index contributed by atoms with van der Waals surface area (Å²) in [4.78, 5) is 13.1. The van der Waals surface area contributed by atoms with E-state index >= 15 is 0 Å². The van der Waals surface area contributed by atoms with Crippen molar-refractivity contribution in [3.05, 3.63) is 34.3 Å². The Morgan fingerprint density at radius 2 is 2.18 bits per heavy atom. The minimum atomic E-state index is -0.296. The number of halogens is 1. The lowest BCUT2D eigenvalue weighted by atomic mass is 10.1. The SMILES string of the molecule is COC(=O)N1CCO[C@@H](c2ccc(Br)cc2)C1. The van der Waals surface area contributed by atoms with Crippen LogP contribution in [0.5, 0.6) is 0 Å². The van der Waals surface area contributed by atoms with Crippen LogP contribution in [-0.2, 0) is 9.47 Å². The topological polar surface area (TPSA) is 38.8 Å². The van der Waals surface area contributed by atoms with E-state index in [1.807, 2.05) is 24.3 Å². The molecule has 1 saturated heterocycles. The first-order valence-corrected chi connectivity index (χ1v) is 6.20. The molecular formula is C12H14BrNO3. The molecule has 0 aliphatic carbocycles. The molecular weight excluding hydrogens is 286 g/mol. The van der Waals surface area contributed by atoms with Gasteiger partial charge in [0.2, 0.25) is 0 Å². The van der Waals surface area contributed by atoms with Crippen molar-refractivity contribution in [3.8, 4) is 0 Å². The third kappa shape index (κ3) is 2.98. The van der Waals surface area contributed by atoms with Gasteiger partial charge in [-0.05, 0) is 17.7 Å². The van der Waals surface area contributed by atoms with Crippen molar-refractivity contribution in [2.45, 2.75) is 6.10 Å². The maximum atomic E-state index is 11.4. The van der Waals surface area contributed by atoms with E-state index in [0.717, 1.165) is 10.0 Å². The van der Waals surface area contributed by atoms with Gasteiger partial charge < -0.3 is 14.4 Å². The second-order valence-electron chi connectivity index (χ2n) is 3.83. The fourth-order valence-electron chi connectivity index (χ4n) is 1.82. The molecule has 1 aromatic carbocycles. The van der Waals surface area contributed by atoms with Gasteiger partial charge in [0.05, 0.1) is 20.3 Å². The summed E-state index contributed by atoms with van der Waals surface area (Å²) in [7, 11) is 1.40. The number of carbonyl (C=O) groups excluding carboxylic acids is 1. The van der Waals surface area contributed by atoms with Crippen molar-refractivity contribution in [1.82, 2.24) is 4.90 Å². The first-order valence-electron chi connectivity index (χ1n) is 5.40. The molecule has 0 unspecified atom stereocenters. The van der Waals surface area contributed by atoms with E-state index in [2.05, 4.69) is 15.9 Å². The predicted octanol–water partition coefficient (Wildman–Crippen LogP) is 2.59. The van der Waals surface area contributed by atoms with Crippen LogP contribution < -0.4 is 0 Å².